The fourth-order valence-electron chi connectivity index (χ4n) is 0.348. The van der Waals surface area contributed by atoms with Crippen molar-refractivity contribution in [2.75, 3.05) is 0 Å². The Balaban J connectivity index is 3.71. The number of hydrogen-bond donors (Lipinski definition) is 0. The molecule has 49 valence electrons. The largest absolute Gasteiger partial charge is 0.0649 e. The Morgan fingerprint density at radius 3 is 1.88 bits per heavy atom. The molecule has 0 saturated heterocycles. The molecule has 0 aromatic heterocycles. The smallest absolute Gasteiger partial charge is 0.0331 e. The van der Waals surface area contributed by atoms with Crippen molar-refractivity contribution in [2.45, 2.75) is 34.1 Å². The third kappa shape index (κ3) is 1.85. The minimum atomic E-state index is 0.431. The van der Waals surface area contributed by atoms with Crippen LogP contribution >= 0.6 is 0 Å². The summed E-state index contributed by atoms with van der Waals surface area (Å²) in [6.07, 6.45) is 1.22. The zero-order valence-corrected chi connectivity index (χ0v) is 6.49. The zero-order chi connectivity index (χ0) is 6.78. The summed E-state index contributed by atoms with van der Waals surface area (Å²) in [7, 11) is 0. The molecule has 1 unspecified atom stereocenters. The van der Waals surface area contributed by atoms with Gasteiger partial charge in [0.15, 0.2) is 0 Å². The molecule has 1 atom stereocenters. The van der Waals surface area contributed by atoms with Gasteiger partial charge in [-0.3, -0.25) is 0 Å². The van der Waals surface area contributed by atoms with E-state index in [1.165, 1.54) is 6.42 Å². The first-order valence-electron chi connectivity index (χ1n) is 3.33. The first kappa shape index (κ1) is 8.00. The van der Waals surface area contributed by atoms with E-state index in [2.05, 4.69) is 34.6 Å². The van der Waals surface area contributed by atoms with E-state index < -0.39 is 0 Å². The molecule has 0 aliphatic rings. The van der Waals surface area contributed by atoms with Gasteiger partial charge in [-0.1, -0.05) is 34.1 Å². The lowest BCUT2D eigenvalue weighted by Gasteiger charge is -2.26. The molecule has 0 heteroatoms. The highest BCUT2D eigenvalue weighted by atomic mass is 14.2. The number of hydrogen-bond acceptors (Lipinski definition) is 0. The lowest BCUT2D eigenvalue weighted by atomic mass is 9.79. The molecule has 0 saturated carbocycles. The third-order valence-electron chi connectivity index (χ3n) is 2.25. The van der Waals surface area contributed by atoms with Crippen LogP contribution in [0.25, 0.3) is 0 Å². The molecular weight excluding hydrogens is 96.1 g/mol. The standard InChI is InChI=1S/C8H17/c1-6-8(4,5)7(2)3/h7H,2,6H2,1,3-5H3. The Kier molecular flexibility index (Phi) is 2.52. The summed E-state index contributed by atoms with van der Waals surface area (Å²) in [5.41, 5.74) is 0.431. The average Bonchev–Trinajstić information content (AvgIpc) is 1.67. The highest BCUT2D eigenvalue weighted by Crippen LogP contribution is 2.28. The summed E-state index contributed by atoms with van der Waals surface area (Å²) < 4.78 is 0. The van der Waals surface area contributed by atoms with Crippen molar-refractivity contribution in [1.29, 1.82) is 0 Å². The van der Waals surface area contributed by atoms with E-state index in [1.54, 1.807) is 0 Å². The maximum Gasteiger partial charge on any atom is -0.0331 e. The van der Waals surface area contributed by atoms with Crippen molar-refractivity contribution in [1.82, 2.24) is 0 Å². The summed E-state index contributed by atoms with van der Waals surface area (Å²) >= 11 is 0. The van der Waals surface area contributed by atoms with E-state index in [1.807, 2.05) is 0 Å². The van der Waals surface area contributed by atoms with E-state index in [0.29, 0.717) is 11.3 Å². The summed E-state index contributed by atoms with van der Waals surface area (Å²) in [6.45, 7) is 12.9. The zero-order valence-electron chi connectivity index (χ0n) is 6.49. The van der Waals surface area contributed by atoms with Crippen molar-refractivity contribution in [2.24, 2.45) is 11.3 Å². The van der Waals surface area contributed by atoms with Crippen molar-refractivity contribution in [3.8, 4) is 0 Å². The molecule has 0 nitrogen and oxygen atoms in total. The van der Waals surface area contributed by atoms with Gasteiger partial charge >= 0.3 is 0 Å². The normalized spacial score (nSPS) is 12.8. The molecule has 0 fully saturated rings. The maximum atomic E-state index is 3.98. The fraction of sp³-hybridized carbons (Fsp3) is 0.875. The van der Waals surface area contributed by atoms with Crippen LogP contribution in [0.4, 0.5) is 0 Å². The second-order valence-electron chi connectivity index (χ2n) is 3.24. The first-order valence-corrected chi connectivity index (χ1v) is 3.33. The molecule has 0 rings (SSSR count). The minimum absolute atomic E-state index is 0.431. The summed E-state index contributed by atoms with van der Waals surface area (Å²) in [5, 5.41) is 0. The van der Waals surface area contributed by atoms with Crippen LogP contribution in [0.1, 0.15) is 34.1 Å². The highest BCUT2D eigenvalue weighted by Gasteiger charge is 2.18. The molecule has 0 aromatic rings. The van der Waals surface area contributed by atoms with Gasteiger partial charge in [-0.25, -0.2) is 0 Å². The quantitative estimate of drug-likeness (QED) is 0.516. The van der Waals surface area contributed by atoms with Crippen LogP contribution in [0.5, 0.6) is 0 Å². The average molecular weight is 113 g/mol. The van der Waals surface area contributed by atoms with Gasteiger partial charge in [-0.05, 0) is 18.3 Å². The van der Waals surface area contributed by atoms with Gasteiger partial charge in [-0.15, -0.1) is 0 Å². The molecule has 0 aliphatic heterocycles. The van der Waals surface area contributed by atoms with Crippen molar-refractivity contribution < 1.29 is 0 Å². The monoisotopic (exact) mass is 113 g/mol. The van der Waals surface area contributed by atoms with Gasteiger partial charge in [0.1, 0.15) is 0 Å². The number of rotatable bonds is 2. The minimum Gasteiger partial charge on any atom is -0.0649 e. The molecule has 8 heavy (non-hydrogen) atoms. The molecule has 0 spiro atoms. The second-order valence-corrected chi connectivity index (χ2v) is 3.24. The van der Waals surface area contributed by atoms with E-state index in [9.17, 15) is 0 Å². The van der Waals surface area contributed by atoms with Gasteiger partial charge in [-0.2, -0.15) is 0 Å². The SMILES string of the molecule is [CH2]C(C)C(C)(C)CC. The Morgan fingerprint density at radius 1 is 1.50 bits per heavy atom. The molecule has 0 aromatic carbocycles. The molecule has 0 heterocycles. The van der Waals surface area contributed by atoms with Gasteiger partial charge < -0.3 is 0 Å². The maximum absolute atomic E-state index is 3.98. The van der Waals surface area contributed by atoms with Crippen molar-refractivity contribution >= 4 is 0 Å². The summed E-state index contributed by atoms with van der Waals surface area (Å²) in [5.74, 6) is 0.562. The Hall–Kier alpha value is 0. The van der Waals surface area contributed by atoms with E-state index >= 15 is 0 Å². The second kappa shape index (κ2) is 2.52. The van der Waals surface area contributed by atoms with E-state index in [-0.39, 0.29) is 0 Å². The molecule has 0 N–H and O–H groups in total. The van der Waals surface area contributed by atoms with Gasteiger partial charge in [0.25, 0.3) is 0 Å². The predicted octanol–water partition coefficient (Wildman–Crippen LogP) is 2.89. The van der Waals surface area contributed by atoms with Crippen molar-refractivity contribution in [3.63, 3.8) is 0 Å². The van der Waals surface area contributed by atoms with Crippen LogP contribution < -0.4 is 0 Å². The Bertz CT molecular complexity index is 60.4. The predicted molar refractivity (Wildman–Crippen MR) is 38.6 cm³/mol. The van der Waals surface area contributed by atoms with Crippen molar-refractivity contribution in [3.05, 3.63) is 6.92 Å². The van der Waals surface area contributed by atoms with E-state index in [4.69, 9.17) is 0 Å². The van der Waals surface area contributed by atoms with E-state index in [0.717, 1.165) is 0 Å². The Morgan fingerprint density at radius 2 is 1.88 bits per heavy atom. The highest BCUT2D eigenvalue weighted by molar-refractivity contribution is 4.74. The van der Waals surface area contributed by atoms with Gasteiger partial charge in [0.2, 0.25) is 0 Å². The van der Waals surface area contributed by atoms with Crippen LogP contribution in [0.2, 0.25) is 0 Å². The van der Waals surface area contributed by atoms with Crippen LogP contribution in [0.3, 0.4) is 0 Å². The first-order chi connectivity index (χ1) is 3.50. The molecule has 0 amide bonds. The fourth-order valence-corrected chi connectivity index (χ4v) is 0.348. The van der Waals surface area contributed by atoms with Gasteiger partial charge in [0.05, 0.1) is 0 Å². The topological polar surface area (TPSA) is 0 Å². The molecule has 0 aliphatic carbocycles. The van der Waals surface area contributed by atoms with Crippen LogP contribution in [-0.4, -0.2) is 0 Å². The lowest BCUT2D eigenvalue weighted by molar-refractivity contribution is 0.264. The summed E-state index contributed by atoms with van der Waals surface area (Å²) in [4.78, 5) is 0. The molecule has 0 bridgehead atoms. The van der Waals surface area contributed by atoms with Crippen LogP contribution in [0.15, 0.2) is 0 Å². The third-order valence-corrected chi connectivity index (χ3v) is 2.25. The van der Waals surface area contributed by atoms with Gasteiger partial charge in [0, 0.05) is 0 Å². The summed E-state index contributed by atoms with van der Waals surface area (Å²) in [6, 6.07) is 0. The Labute approximate surface area is 53.3 Å². The van der Waals surface area contributed by atoms with Crippen LogP contribution in [-0.2, 0) is 0 Å². The lowest BCUT2D eigenvalue weighted by Crippen LogP contribution is -2.17. The molecular formula is C8H17. The van der Waals surface area contributed by atoms with Crippen LogP contribution in [0, 0.1) is 18.3 Å². The molecule has 1 radical (unpaired) electrons.